The van der Waals surface area contributed by atoms with Crippen molar-refractivity contribution in [2.45, 2.75) is 50.9 Å². The van der Waals surface area contributed by atoms with E-state index in [4.69, 9.17) is 16.2 Å². The molecule has 2 unspecified atom stereocenters. The zero-order valence-corrected chi connectivity index (χ0v) is 14.3. The Balaban J connectivity index is 1.85. The molecular weight excluding hydrogens is 347 g/mol. The minimum absolute atomic E-state index is 0.0279. The molecule has 2 aromatic heterocycles. The van der Waals surface area contributed by atoms with Gasteiger partial charge in [-0.15, -0.1) is 0 Å². The minimum atomic E-state index is -1.69. The summed E-state index contributed by atoms with van der Waals surface area (Å²) in [5.41, 5.74) is 10.9. The summed E-state index contributed by atoms with van der Waals surface area (Å²) in [6.45, 7) is 3.46. The zero-order chi connectivity index (χ0) is 19.2. The molecule has 3 heterocycles. The Bertz CT molecular complexity index is 881. The van der Waals surface area contributed by atoms with Gasteiger partial charge in [0.05, 0.1) is 12.4 Å². The maximum absolute atomic E-state index is 14.4. The number of ether oxygens (including phenoxy) is 1. The topological polar surface area (TPSA) is 162 Å². The second-order valence-electron chi connectivity index (χ2n) is 6.70. The molecule has 2 aromatic rings. The van der Waals surface area contributed by atoms with E-state index < -0.39 is 42.0 Å². The maximum atomic E-state index is 14.4. The molecule has 0 radical (unpaired) electrons. The van der Waals surface area contributed by atoms with Crippen LogP contribution in [-0.2, 0) is 9.53 Å². The van der Waals surface area contributed by atoms with Gasteiger partial charge in [-0.1, -0.05) is 13.8 Å². The summed E-state index contributed by atoms with van der Waals surface area (Å²) in [5, 5.41) is 10.2. The van der Waals surface area contributed by atoms with Crippen molar-refractivity contribution in [3.63, 3.8) is 0 Å². The van der Waals surface area contributed by atoms with E-state index in [2.05, 4.69) is 15.0 Å². The van der Waals surface area contributed by atoms with Gasteiger partial charge in [-0.3, -0.25) is 19.1 Å². The molecule has 1 aliphatic heterocycles. The van der Waals surface area contributed by atoms with Crippen LogP contribution in [0.1, 0.15) is 26.5 Å². The normalized spacial score (nSPS) is 25.7. The van der Waals surface area contributed by atoms with Crippen molar-refractivity contribution >= 4 is 22.9 Å². The molecule has 0 spiro atoms. The number of anilines is 1. The van der Waals surface area contributed by atoms with Gasteiger partial charge >= 0.3 is 0 Å². The first-order valence-electron chi connectivity index (χ1n) is 8.20. The lowest BCUT2D eigenvalue weighted by Gasteiger charge is -2.23. The largest absolute Gasteiger partial charge is 0.382 e. The lowest BCUT2D eigenvalue weighted by molar-refractivity contribution is -0.141. The number of carbonyl (C=O) groups is 1. The van der Waals surface area contributed by atoms with Gasteiger partial charge in [0.15, 0.2) is 16.9 Å². The number of nitrogen functional groups attached to an aromatic ring is 1. The predicted molar refractivity (Wildman–Crippen MR) is 89.8 cm³/mol. The van der Waals surface area contributed by atoms with Crippen molar-refractivity contribution < 1.29 is 19.0 Å². The van der Waals surface area contributed by atoms with E-state index in [1.54, 1.807) is 13.8 Å². The summed E-state index contributed by atoms with van der Waals surface area (Å²) in [6.07, 6.45) is -4.43. The standard InChI is InChI=1S/C15H21FN6O4/c1-5(2)8(17)10(23)11(24)12-6(16)3-7(26-12)22-4-19-9-13(22)20-15(18)21-14(9)25/h4-8,11-12,24H,3,17H2,1-2H3,(H3,18,20,21,25)/t6?,7-,8+,11?,12+/m1/s1. The molecule has 1 saturated heterocycles. The number of imidazole rings is 1. The van der Waals surface area contributed by atoms with Crippen molar-refractivity contribution in [2.24, 2.45) is 11.7 Å². The summed E-state index contributed by atoms with van der Waals surface area (Å²) in [6, 6.07) is -0.922. The molecule has 26 heavy (non-hydrogen) atoms. The van der Waals surface area contributed by atoms with Crippen LogP contribution in [0.2, 0.25) is 0 Å². The van der Waals surface area contributed by atoms with Gasteiger partial charge in [-0.2, -0.15) is 4.98 Å². The quantitative estimate of drug-likeness (QED) is 0.535. The highest BCUT2D eigenvalue weighted by molar-refractivity contribution is 5.88. The molecule has 0 bridgehead atoms. The number of nitrogens with one attached hydrogen (secondary N) is 1. The highest BCUT2D eigenvalue weighted by Gasteiger charge is 2.45. The number of nitrogens with two attached hydrogens (primary N) is 2. The number of Topliss-reactive ketones (excluding diaryl/α,β-unsaturated/α-hetero) is 1. The number of ketones is 1. The third kappa shape index (κ3) is 3.08. The van der Waals surface area contributed by atoms with E-state index in [0.29, 0.717) is 0 Å². The zero-order valence-electron chi connectivity index (χ0n) is 14.3. The summed E-state index contributed by atoms with van der Waals surface area (Å²) >= 11 is 0. The lowest BCUT2D eigenvalue weighted by atomic mass is 9.94. The molecule has 11 heteroatoms. The number of fused-ring (bicyclic) bond motifs is 1. The molecule has 5 atom stereocenters. The number of carbonyl (C=O) groups excluding carboxylic acids is 1. The van der Waals surface area contributed by atoms with Gasteiger partial charge in [0.25, 0.3) is 5.56 Å². The molecular formula is C15H21FN6O4. The van der Waals surface area contributed by atoms with Crippen LogP contribution in [-0.4, -0.2) is 54.8 Å². The predicted octanol–water partition coefficient (Wildman–Crippen LogP) is -0.759. The average Bonchev–Trinajstić information content (AvgIpc) is 3.16. The number of aliphatic hydroxyl groups excluding tert-OH is 1. The van der Waals surface area contributed by atoms with Gasteiger partial charge in [0.2, 0.25) is 5.95 Å². The van der Waals surface area contributed by atoms with E-state index in [1.807, 2.05) is 0 Å². The van der Waals surface area contributed by atoms with E-state index in [1.165, 1.54) is 10.9 Å². The number of halogens is 1. The first-order valence-corrected chi connectivity index (χ1v) is 8.20. The molecule has 0 amide bonds. The van der Waals surface area contributed by atoms with Crippen LogP contribution in [0.15, 0.2) is 11.1 Å². The molecule has 1 fully saturated rings. The fourth-order valence-electron chi connectivity index (χ4n) is 2.94. The van der Waals surface area contributed by atoms with Crippen LogP contribution in [0, 0.1) is 5.92 Å². The number of alkyl halides is 1. The Morgan fingerprint density at radius 1 is 1.54 bits per heavy atom. The SMILES string of the molecule is CC(C)[C@H](N)C(=O)C(O)[C@H]1O[C@@H](n2cnc3c(=O)[nH]c(N)nc32)CC1F. The van der Waals surface area contributed by atoms with Crippen LogP contribution in [0.25, 0.3) is 11.2 Å². The Hall–Kier alpha value is -2.37. The van der Waals surface area contributed by atoms with E-state index in [0.717, 1.165) is 0 Å². The number of H-pyrrole nitrogens is 1. The number of rotatable bonds is 5. The molecule has 0 saturated carbocycles. The van der Waals surface area contributed by atoms with Crippen LogP contribution >= 0.6 is 0 Å². The van der Waals surface area contributed by atoms with Gasteiger partial charge in [0, 0.05) is 6.42 Å². The number of hydrogen-bond donors (Lipinski definition) is 4. The van der Waals surface area contributed by atoms with Gasteiger partial charge in [-0.25, -0.2) is 9.37 Å². The molecule has 142 valence electrons. The molecule has 10 nitrogen and oxygen atoms in total. The first-order chi connectivity index (χ1) is 12.2. The second-order valence-corrected chi connectivity index (χ2v) is 6.70. The summed E-state index contributed by atoms with van der Waals surface area (Å²) in [7, 11) is 0. The van der Waals surface area contributed by atoms with Crippen LogP contribution < -0.4 is 17.0 Å². The molecule has 6 N–H and O–H groups in total. The fraction of sp³-hybridized carbons (Fsp3) is 0.600. The highest BCUT2D eigenvalue weighted by Crippen LogP contribution is 2.34. The smallest absolute Gasteiger partial charge is 0.280 e. The van der Waals surface area contributed by atoms with Crippen LogP contribution in [0.4, 0.5) is 10.3 Å². The van der Waals surface area contributed by atoms with E-state index in [9.17, 15) is 19.1 Å². The van der Waals surface area contributed by atoms with Crippen molar-refractivity contribution in [1.29, 1.82) is 0 Å². The summed E-state index contributed by atoms with van der Waals surface area (Å²) in [5.74, 6) is -1.000. The Labute approximate surface area is 147 Å². The number of aromatic nitrogens is 4. The number of aliphatic hydroxyl groups is 1. The first kappa shape index (κ1) is 18.4. The van der Waals surface area contributed by atoms with Crippen LogP contribution in [0.5, 0.6) is 0 Å². The van der Waals surface area contributed by atoms with Crippen molar-refractivity contribution in [3.8, 4) is 0 Å². The number of hydrogen-bond acceptors (Lipinski definition) is 8. The van der Waals surface area contributed by atoms with Crippen LogP contribution in [0.3, 0.4) is 0 Å². The third-order valence-corrected chi connectivity index (χ3v) is 4.51. The Morgan fingerprint density at radius 3 is 2.88 bits per heavy atom. The van der Waals surface area contributed by atoms with Crippen molar-refractivity contribution in [3.05, 3.63) is 16.7 Å². The molecule has 0 aliphatic carbocycles. The van der Waals surface area contributed by atoms with E-state index >= 15 is 0 Å². The van der Waals surface area contributed by atoms with Gasteiger partial charge in [0.1, 0.15) is 24.6 Å². The summed E-state index contributed by atoms with van der Waals surface area (Å²) < 4.78 is 21.3. The Morgan fingerprint density at radius 2 is 2.23 bits per heavy atom. The van der Waals surface area contributed by atoms with Crippen molar-refractivity contribution in [2.75, 3.05) is 5.73 Å². The second kappa shape index (κ2) is 6.74. The molecule has 3 rings (SSSR count). The minimum Gasteiger partial charge on any atom is -0.382 e. The number of aromatic amines is 1. The fourth-order valence-corrected chi connectivity index (χ4v) is 2.94. The van der Waals surface area contributed by atoms with Gasteiger partial charge in [-0.05, 0) is 5.92 Å². The Kier molecular flexibility index (Phi) is 4.78. The molecule has 1 aliphatic rings. The average molecular weight is 368 g/mol. The summed E-state index contributed by atoms with van der Waals surface area (Å²) in [4.78, 5) is 34.3. The molecule has 0 aromatic carbocycles. The maximum Gasteiger partial charge on any atom is 0.280 e. The third-order valence-electron chi connectivity index (χ3n) is 4.51. The number of nitrogens with zero attached hydrogens (tertiary/aromatic N) is 3. The van der Waals surface area contributed by atoms with Gasteiger partial charge < -0.3 is 21.3 Å². The van der Waals surface area contributed by atoms with Crippen molar-refractivity contribution in [1.82, 2.24) is 19.5 Å². The highest BCUT2D eigenvalue weighted by atomic mass is 19.1. The monoisotopic (exact) mass is 368 g/mol. The lowest BCUT2D eigenvalue weighted by Crippen LogP contribution is -2.48. The van der Waals surface area contributed by atoms with E-state index in [-0.39, 0.29) is 29.5 Å².